The van der Waals surface area contributed by atoms with E-state index in [4.69, 9.17) is 0 Å². The molecule has 0 aromatic heterocycles. The van der Waals surface area contributed by atoms with Crippen molar-refractivity contribution in [1.82, 2.24) is 5.32 Å². The van der Waals surface area contributed by atoms with Gasteiger partial charge in [0, 0.05) is 6.04 Å². The third-order valence-electron chi connectivity index (χ3n) is 4.72. The molecule has 0 spiro atoms. The molecule has 1 saturated carbocycles. The molecule has 0 bridgehead atoms. The molecule has 5 heteroatoms. The first-order valence-corrected chi connectivity index (χ1v) is 9.04. The van der Waals surface area contributed by atoms with Gasteiger partial charge in [-0.05, 0) is 25.0 Å². The zero-order valence-electron chi connectivity index (χ0n) is 14.1. The first-order chi connectivity index (χ1) is 11.6. The van der Waals surface area contributed by atoms with Crippen LogP contribution in [-0.2, 0) is 0 Å². The summed E-state index contributed by atoms with van der Waals surface area (Å²) in [5.41, 5.74) is -0.431. The van der Waals surface area contributed by atoms with Crippen molar-refractivity contribution in [2.75, 3.05) is 0 Å². The van der Waals surface area contributed by atoms with E-state index in [0.717, 1.165) is 50.7 Å². The van der Waals surface area contributed by atoms with Crippen molar-refractivity contribution in [2.24, 2.45) is 0 Å². The first kappa shape index (κ1) is 18.8. The van der Waals surface area contributed by atoms with Crippen molar-refractivity contribution < 1.29 is 18.0 Å². The van der Waals surface area contributed by atoms with E-state index in [2.05, 4.69) is 5.32 Å². The summed E-state index contributed by atoms with van der Waals surface area (Å²) in [6, 6.07) is 1.75. The Kier molecular flexibility index (Phi) is 7.60. The van der Waals surface area contributed by atoms with Gasteiger partial charge in [-0.15, -0.1) is 0 Å². The average Bonchev–Trinajstić information content (AvgIpc) is 2.55. The van der Waals surface area contributed by atoms with Crippen LogP contribution in [0.2, 0.25) is 0 Å². The molecule has 2 nitrogen and oxygen atoms in total. The summed E-state index contributed by atoms with van der Waals surface area (Å²) in [6.07, 6.45) is 12.2. The Morgan fingerprint density at radius 3 is 1.83 bits per heavy atom. The molecule has 0 unspecified atom stereocenters. The van der Waals surface area contributed by atoms with Crippen LogP contribution in [0.1, 0.15) is 81.0 Å². The van der Waals surface area contributed by atoms with Crippen molar-refractivity contribution in [1.29, 1.82) is 0 Å². The second-order valence-corrected chi connectivity index (χ2v) is 6.65. The average molecular weight is 341 g/mol. The Bertz CT molecular complexity index is 536. The van der Waals surface area contributed by atoms with Gasteiger partial charge in [0.05, 0.1) is 5.56 Å². The van der Waals surface area contributed by atoms with Crippen molar-refractivity contribution in [3.63, 3.8) is 0 Å². The van der Waals surface area contributed by atoms with Gasteiger partial charge >= 0.3 is 0 Å². The lowest BCUT2D eigenvalue weighted by molar-refractivity contribution is 0.0926. The highest BCUT2D eigenvalue weighted by Gasteiger charge is 2.21. The lowest BCUT2D eigenvalue weighted by Gasteiger charge is -2.20. The lowest BCUT2D eigenvalue weighted by Crippen LogP contribution is -2.35. The molecule has 1 aliphatic rings. The van der Waals surface area contributed by atoms with Crippen LogP contribution in [0.4, 0.5) is 13.2 Å². The van der Waals surface area contributed by atoms with Crippen LogP contribution in [0.25, 0.3) is 0 Å². The van der Waals surface area contributed by atoms with E-state index < -0.39 is 28.9 Å². The number of nitrogens with one attached hydrogen (secondary N) is 1. The van der Waals surface area contributed by atoms with Gasteiger partial charge in [0.15, 0.2) is 17.5 Å². The van der Waals surface area contributed by atoms with Gasteiger partial charge in [0.1, 0.15) is 0 Å². The van der Waals surface area contributed by atoms with Crippen LogP contribution in [0.5, 0.6) is 0 Å². The molecule has 0 radical (unpaired) electrons. The topological polar surface area (TPSA) is 29.1 Å². The molecule has 1 aliphatic carbocycles. The highest BCUT2D eigenvalue weighted by atomic mass is 19.2. The van der Waals surface area contributed by atoms with Gasteiger partial charge in [-0.1, -0.05) is 57.8 Å². The largest absolute Gasteiger partial charge is 0.349 e. The molecule has 1 amide bonds. The Balaban J connectivity index is 1.97. The molecule has 134 valence electrons. The predicted molar refractivity (Wildman–Crippen MR) is 88.4 cm³/mol. The molecule has 1 N–H and O–H groups in total. The number of hydrogen-bond donors (Lipinski definition) is 1. The van der Waals surface area contributed by atoms with Crippen molar-refractivity contribution >= 4 is 5.91 Å². The zero-order valence-corrected chi connectivity index (χ0v) is 14.1. The summed E-state index contributed by atoms with van der Waals surface area (Å²) >= 11 is 0. The van der Waals surface area contributed by atoms with E-state index in [9.17, 15) is 18.0 Å². The van der Waals surface area contributed by atoms with E-state index in [1.165, 1.54) is 32.1 Å². The second-order valence-electron chi connectivity index (χ2n) is 6.65. The van der Waals surface area contributed by atoms with Crippen molar-refractivity contribution in [2.45, 2.75) is 76.7 Å². The highest BCUT2D eigenvalue weighted by Crippen LogP contribution is 2.19. The number of carbonyl (C=O) groups is 1. The summed E-state index contributed by atoms with van der Waals surface area (Å²) < 4.78 is 40.0. The summed E-state index contributed by atoms with van der Waals surface area (Å²) in [7, 11) is 0. The summed E-state index contributed by atoms with van der Waals surface area (Å²) in [5, 5.41) is 2.81. The fraction of sp³-hybridized carbons (Fsp3) is 0.632. The Morgan fingerprint density at radius 1 is 0.792 bits per heavy atom. The molecular formula is C19H26F3NO. The van der Waals surface area contributed by atoms with Crippen LogP contribution in [0.3, 0.4) is 0 Å². The van der Waals surface area contributed by atoms with Gasteiger partial charge in [-0.2, -0.15) is 0 Å². The van der Waals surface area contributed by atoms with Gasteiger partial charge in [0.2, 0.25) is 0 Å². The number of rotatable bonds is 2. The van der Waals surface area contributed by atoms with Crippen LogP contribution < -0.4 is 5.32 Å². The summed E-state index contributed by atoms with van der Waals surface area (Å²) in [6.45, 7) is 0. The summed E-state index contributed by atoms with van der Waals surface area (Å²) in [4.78, 5) is 12.2. The van der Waals surface area contributed by atoms with Gasteiger partial charge in [-0.3, -0.25) is 4.79 Å². The van der Waals surface area contributed by atoms with Crippen molar-refractivity contribution in [3.8, 4) is 0 Å². The monoisotopic (exact) mass is 341 g/mol. The minimum Gasteiger partial charge on any atom is -0.349 e. The maximum atomic E-state index is 13.8. The van der Waals surface area contributed by atoms with Crippen molar-refractivity contribution in [3.05, 3.63) is 35.1 Å². The summed E-state index contributed by atoms with van der Waals surface area (Å²) in [5.74, 6) is -4.96. The van der Waals surface area contributed by atoms with Crippen LogP contribution in [0.15, 0.2) is 12.1 Å². The minimum absolute atomic E-state index is 0.0376. The number of amides is 1. The van der Waals surface area contributed by atoms with E-state index in [1.807, 2.05) is 0 Å². The molecule has 0 heterocycles. The molecule has 1 aromatic rings. The number of carbonyl (C=O) groups excluding carboxylic acids is 1. The Morgan fingerprint density at radius 2 is 1.29 bits per heavy atom. The maximum Gasteiger partial charge on any atom is 0.254 e. The van der Waals surface area contributed by atoms with Crippen LogP contribution >= 0.6 is 0 Å². The molecule has 0 aliphatic heterocycles. The highest BCUT2D eigenvalue weighted by molar-refractivity contribution is 5.94. The SMILES string of the molecule is O=C(NC1CCCCCCCCCCC1)c1ccc(F)c(F)c1F. The molecular weight excluding hydrogens is 315 g/mol. The molecule has 1 fully saturated rings. The predicted octanol–water partition coefficient (Wildman–Crippen LogP) is 5.51. The molecule has 0 atom stereocenters. The van der Waals surface area contributed by atoms with Gasteiger partial charge < -0.3 is 5.32 Å². The quantitative estimate of drug-likeness (QED) is 0.706. The fourth-order valence-corrected chi connectivity index (χ4v) is 3.27. The third kappa shape index (κ3) is 5.53. The fourth-order valence-electron chi connectivity index (χ4n) is 3.27. The number of halogens is 3. The smallest absolute Gasteiger partial charge is 0.254 e. The zero-order chi connectivity index (χ0) is 17.4. The van der Waals surface area contributed by atoms with E-state index in [0.29, 0.717) is 0 Å². The van der Waals surface area contributed by atoms with E-state index in [1.54, 1.807) is 0 Å². The van der Waals surface area contributed by atoms with E-state index >= 15 is 0 Å². The molecule has 24 heavy (non-hydrogen) atoms. The maximum absolute atomic E-state index is 13.8. The second kappa shape index (κ2) is 9.70. The molecule has 2 rings (SSSR count). The van der Waals surface area contributed by atoms with E-state index in [-0.39, 0.29) is 6.04 Å². The molecule has 0 saturated heterocycles. The number of benzene rings is 1. The van der Waals surface area contributed by atoms with Crippen LogP contribution in [0, 0.1) is 17.5 Å². The third-order valence-corrected chi connectivity index (χ3v) is 4.72. The van der Waals surface area contributed by atoms with Crippen LogP contribution in [-0.4, -0.2) is 11.9 Å². The minimum atomic E-state index is -1.60. The Labute approximate surface area is 141 Å². The first-order valence-electron chi connectivity index (χ1n) is 9.04. The molecule has 1 aromatic carbocycles. The lowest BCUT2D eigenvalue weighted by atomic mass is 9.97. The standard InChI is InChI=1S/C19H26F3NO/c20-16-13-12-15(17(21)18(16)22)19(24)23-14-10-8-6-4-2-1-3-5-7-9-11-14/h12-14H,1-11H2,(H,23,24). The van der Waals surface area contributed by atoms with Gasteiger partial charge in [0.25, 0.3) is 5.91 Å². The Hall–Kier alpha value is -1.52. The normalized spacial score (nSPS) is 18.5. The van der Waals surface area contributed by atoms with Gasteiger partial charge in [-0.25, -0.2) is 13.2 Å². The number of hydrogen-bond acceptors (Lipinski definition) is 1.